The summed E-state index contributed by atoms with van der Waals surface area (Å²) in [6.07, 6.45) is 1.59. The Morgan fingerprint density at radius 3 is 2.58 bits per heavy atom. The predicted octanol–water partition coefficient (Wildman–Crippen LogP) is 1.70. The van der Waals surface area contributed by atoms with Crippen LogP contribution in [0.4, 0.5) is 17.3 Å². The third kappa shape index (κ3) is 3.38. The van der Waals surface area contributed by atoms with E-state index < -0.39 is 0 Å². The van der Waals surface area contributed by atoms with Gasteiger partial charge in [0.1, 0.15) is 11.4 Å². The Bertz CT molecular complexity index is 833. The molecule has 138 valence electrons. The number of ether oxygens (including phenoxy) is 1. The van der Waals surface area contributed by atoms with E-state index >= 15 is 0 Å². The fraction of sp³-hybridized carbons (Fsp3) is 0.412. The lowest BCUT2D eigenvalue weighted by molar-refractivity contribution is -0.384. The van der Waals surface area contributed by atoms with E-state index in [1.54, 1.807) is 12.3 Å². The number of methoxy groups -OCH3 is 1. The number of hydrogen-bond acceptors (Lipinski definition) is 8. The highest BCUT2D eigenvalue weighted by atomic mass is 16.6. The Hall–Kier alpha value is -2.94. The highest BCUT2D eigenvalue weighted by Crippen LogP contribution is 2.40. The van der Waals surface area contributed by atoms with Crippen LogP contribution in [0.1, 0.15) is 5.56 Å². The van der Waals surface area contributed by atoms with E-state index in [1.807, 2.05) is 18.9 Å². The SMILES string of the molecule is COc1cc(N2CCN(C)CC2)c([N+](=O)[O-])cc1-c1nc(N)ncc1C. The lowest BCUT2D eigenvalue weighted by atomic mass is 10.0. The van der Waals surface area contributed by atoms with Gasteiger partial charge in [-0.05, 0) is 19.5 Å². The summed E-state index contributed by atoms with van der Waals surface area (Å²) < 4.78 is 5.52. The van der Waals surface area contributed by atoms with Gasteiger partial charge in [0.05, 0.1) is 17.7 Å². The number of nitro groups is 1. The standard InChI is InChI=1S/C17H22N6O3/c1-11-10-19-17(18)20-16(11)12-8-14(23(24)25)13(9-15(12)26-3)22-6-4-21(2)5-7-22/h8-10H,4-7H2,1-3H3,(H2,18,19,20). The van der Waals surface area contributed by atoms with Crippen molar-refractivity contribution in [2.75, 3.05) is 51.0 Å². The summed E-state index contributed by atoms with van der Waals surface area (Å²) in [5, 5.41) is 11.7. The Kier molecular flexibility index (Phi) is 4.90. The van der Waals surface area contributed by atoms with Crippen LogP contribution in [-0.2, 0) is 0 Å². The van der Waals surface area contributed by atoms with Crippen LogP contribution in [0.2, 0.25) is 0 Å². The third-order valence-electron chi connectivity index (χ3n) is 4.58. The zero-order valence-corrected chi connectivity index (χ0v) is 15.1. The molecule has 2 N–H and O–H groups in total. The average molecular weight is 358 g/mol. The molecule has 0 radical (unpaired) electrons. The first kappa shape index (κ1) is 17.9. The van der Waals surface area contributed by atoms with Crippen LogP contribution in [-0.4, -0.2) is 60.1 Å². The molecule has 9 nitrogen and oxygen atoms in total. The van der Waals surface area contributed by atoms with E-state index in [9.17, 15) is 10.1 Å². The largest absolute Gasteiger partial charge is 0.496 e. The molecular weight excluding hydrogens is 336 g/mol. The van der Waals surface area contributed by atoms with E-state index in [0.29, 0.717) is 22.7 Å². The minimum Gasteiger partial charge on any atom is -0.496 e. The van der Waals surface area contributed by atoms with Gasteiger partial charge < -0.3 is 20.3 Å². The van der Waals surface area contributed by atoms with Crippen LogP contribution >= 0.6 is 0 Å². The van der Waals surface area contributed by atoms with Gasteiger partial charge in [-0.3, -0.25) is 10.1 Å². The maximum absolute atomic E-state index is 11.7. The lowest BCUT2D eigenvalue weighted by Gasteiger charge is -2.34. The molecule has 1 aliphatic heterocycles. The minimum atomic E-state index is -0.365. The number of rotatable bonds is 4. The summed E-state index contributed by atoms with van der Waals surface area (Å²) >= 11 is 0. The van der Waals surface area contributed by atoms with Gasteiger partial charge in [-0.25, -0.2) is 9.97 Å². The number of piperazine rings is 1. The quantitative estimate of drug-likeness (QED) is 0.649. The number of aryl methyl sites for hydroxylation is 1. The van der Waals surface area contributed by atoms with Crippen LogP contribution in [0.5, 0.6) is 5.75 Å². The van der Waals surface area contributed by atoms with E-state index in [2.05, 4.69) is 14.9 Å². The molecular formula is C17H22N6O3. The van der Waals surface area contributed by atoms with Gasteiger partial charge in [0.2, 0.25) is 5.95 Å². The summed E-state index contributed by atoms with van der Waals surface area (Å²) in [7, 11) is 3.58. The molecule has 0 bridgehead atoms. The first-order valence-electron chi connectivity index (χ1n) is 8.30. The normalized spacial score (nSPS) is 15.1. The minimum absolute atomic E-state index is 0.0296. The zero-order valence-electron chi connectivity index (χ0n) is 15.1. The van der Waals surface area contributed by atoms with E-state index in [4.69, 9.17) is 10.5 Å². The van der Waals surface area contributed by atoms with Crippen molar-refractivity contribution < 1.29 is 9.66 Å². The van der Waals surface area contributed by atoms with Crippen molar-refractivity contribution in [3.63, 3.8) is 0 Å². The molecule has 3 rings (SSSR count). The van der Waals surface area contributed by atoms with Gasteiger partial charge >= 0.3 is 0 Å². The fourth-order valence-corrected chi connectivity index (χ4v) is 3.09. The number of nitrogens with two attached hydrogens (primary N) is 1. The summed E-state index contributed by atoms with van der Waals surface area (Å²) in [6.45, 7) is 4.97. The number of hydrogen-bond donors (Lipinski definition) is 1. The number of likely N-dealkylation sites (N-methyl/N-ethyl adjacent to an activating group) is 1. The zero-order chi connectivity index (χ0) is 18.8. The first-order valence-corrected chi connectivity index (χ1v) is 8.30. The molecule has 0 atom stereocenters. The average Bonchev–Trinajstić information content (AvgIpc) is 2.63. The molecule has 1 aliphatic rings. The Balaban J connectivity index is 2.14. The van der Waals surface area contributed by atoms with Gasteiger partial charge in [0.15, 0.2) is 0 Å². The molecule has 1 saturated heterocycles. The Labute approximate surface area is 151 Å². The molecule has 2 aromatic rings. The molecule has 1 aromatic carbocycles. The number of anilines is 2. The Morgan fingerprint density at radius 1 is 1.27 bits per heavy atom. The topological polar surface area (TPSA) is 111 Å². The molecule has 2 heterocycles. The smallest absolute Gasteiger partial charge is 0.293 e. The first-order chi connectivity index (χ1) is 12.4. The number of nitrogens with zero attached hydrogens (tertiary/aromatic N) is 5. The van der Waals surface area contributed by atoms with Crippen LogP contribution in [0.3, 0.4) is 0 Å². The fourth-order valence-electron chi connectivity index (χ4n) is 3.09. The molecule has 0 saturated carbocycles. The summed E-state index contributed by atoms with van der Waals surface area (Å²) in [5.74, 6) is 0.629. The maximum Gasteiger partial charge on any atom is 0.293 e. The van der Waals surface area contributed by atoms with E-state index in [-0.39, 0.29) is 16.6 Å². The van der Waals surface area contributed by atoms with Crippen LogP contribution < -0.4 is 15.4 Å². The summed E-state index contributed by atoms with van der Waals surface area (Å²) in [4.78, 5) is 23.8. The van der Waals surface area contributed by atoms with Gasteiger partial charge in [-0.15, -0.1) is 0 Å². The number of benzene rings is 1. The second-order valence-corrected chi connectivity index (χ2v) is 6.35. The van der Waals surface area contributed by atoms with Crippen molar-refractivity contribution in [2.45, 2.75) is 6.92 Å². The Morgan fingerprint density at radius 2 is 1.96 bits per heavy atom. The number of aromatic nitrogens is 2. The van der Waals surface area contributed by atoms with Crippen LogP contribution in [0.25, 0.3) is 11.3 Å². The molecule has 9 heteroatoms. The molecule has 1 aromatic heterocycles. The highest BCUT2D eigenvalue weighted by Gasteiger charge is 2.26. The van der Waals surface area contributed by atoms with Crippen molar-refractivity contribution in [3.8, 4) is 17.0 Å². The van der Waals surface area contributed by atoms with Gasteiger partial charge in [-0.2, -0.15) is 0 Å². The number of nitrogen functional groups attached to an aromatic ring is 1. The summed E-state index contributed by atoms with van der Waals surface area (Å²) in [6, 6.07) is 3.23. The van der Waals surface area contributed by atoms with Crippen molar-refractivity contribution in [1.82, 2.24) is 14.9 Å². The predicted molar refractivity (Wildman–Crippen MR) is 99.5 cm³/mol. The van der Waals surface area contributed by atoms with Crippen molar-refractivity contribution in [2.24, 2.45) is 0 Å². The number of nitro benzene ring substituents is 1. The molecule has 0 amide bonds. The van der Waals surface area contributed by atoms with E-state index in [0.717, 1.165) is 31.7 Å². The molecule has 0 unspecified atom stereocenters. The van der Waals surface area contributed by atoms with E-state index in [1.165, 1.54) is 13.2 Å². The van der Waals surface area contributed by atoms with Crippen LogP contribution in [0.15, 0.2) is 18.3 Å². The summed E-state index contributed by atoms with van der Waals surface area (Å²) in [5.41, 5.74) is 8.12. The second-order valence-electron chi connectivity index (χ2n) is 6.35. The molecule has 0 spiro atoms. The van der Waals surface area contributed by atoms with Crippen LogP contribution in [0, 0.1) is 17.0 Å². The van der Waals surface area contributed by atoms with Gasteiger partial charge in [0, 0.05) is 50.1 Å². The second kappa shape index (κ2) is 7.12. The molecule has 1 fully saturated rings. The molecule has 0 aliphatic carbocycles. The van der Waals surface area contributed by atoms with Gasteiger partial charge in [-0.1, -0.05) is 0 Å². The van der Waals surface area contributed by atoms with Crippen molar-refractivity contribution in [3.05, 3.63) is 34.0 Å². The van der Waals surface area contributed by atoms with Crippen molar-refractivity contribution in [1.29, 1.82) is 0 Å². The van der Waals surface area contributed by atoms with Crippen molar-refractivity contribution >= 4 is 17.3 Å². The monoisotopic (exact) mass is 358 g/mol. The van der Waals surface area contributed by atoms with Gasteiger partial charge in [0.25, 0.3) is 5.69 Å². The maximum atomic E-state index is 11.7. The third-order valence-corrected chi connectivity index (χ3v) is 4.58. The highest BCUT2D eigenvalue weighted by molar-refractivity contribution is 5.80. The lowest BCUT2D eigenvalue weighted by Crippen LogP contribution is -2.44. The molecule has 26 heavy (non-hydrogen) atoms.